The number of anilines is 2. The molecule has 0 aliphatic carbocycles. The van der Waals surface area contributed by atoms with Gasteiger partial charge in [-0.05, 0) is 30.3 Å². The molecular formula is C15H12N2O3. The molecule has 0 bridgehead atoms. The Morgan fingerprint density at radius 1 is 1.00 bits per heavy atom. The fraction of sp³-hybridized carbons (Fsp3) is 0. The smallest absolute Gasteiger partial charge is 0.397 e. The van der Waals surface area contributed by atoms with Crippen molar-refractivity contribution < 1.29 is 14.3 Å². The topological polar surface area (TPSA) is 87.6 Å². The summed E-state index contributed by atoms with van der Waals surface area (Å²) >= 11 is 0. The lowest BCUT2D eigenvalue weighted by Gasteiger charge is -2.07. The minimum atomic E-state index is -0.886. The molecule has 20 heavy (non-hydrogen) atoms. The first-order valence-corrected chi connectivity index (χ1v) is 5.70. The third-order valence-corrected chi connectivity index (χ3v) is 2.46. The van der Waals surface area contributed by atoms with Gasteiger partial charge in [-0.2, -0.15) is 0 Å². The number of hydrogen-bond acceptors (Lipinski definition) is 5. The fourth-order valence-electron chi connectivity index (χ4n) is 1.48. The molecule has 2 aromatic carbocycles. The van der Waals surface area contributed by atoms with Gasteiger partial charge in [0.25, 0.3) is 0 Å². The van der Waals surface area contributed by atoms with Crippen LogP contribution in [0.1, 0.15) is 5.56 Å². The number of hydrogen-bond donors (Lipinski definition) is 2. The third-order valence-electron chi connectivity index (χ3n) is 2.46. The zero-order valence-electron chi connectivity index (χ0n) is 10.5. The molecule has 2 aromatic rings. The number of terminal acetylenes is 1. The quantitative estimate of drug-likeness (QED) is 0.378. The molecule has 4 N–H and O–H groups in total. The summed E-state index contributed by atoms with van der Waals surface area (Å²) in [6.45, 7) is 0. The van der Waals surface area contributed by atoms with Gasteiger partial charge >= 0.3 is 6.16 Å². The second-order valence-electron chi connectivity index (χ2n) is 3.92. The van der Waals surface area contributed by atoms with Crippen LogP contribution in [0, 0.1) is 12.3 Å². The van der Waals surface area contributed by atoms with E-state index in [4.69, 9.17) is 27.4 Å². The molecule has 0 spiro atoms. The van der Waals surface area contributed by atoms with Crippen molar-refractivity contribution in [1.29, 1.82) is 0 Å². The molecule has 0 aliphatic rings. The van der Waals surface area contributed by atoms with Gasteiger partial charge in [0.2, 0.25) is 0 Å². The van der Waals surface area contributed by atoms with Gasteiger partial charge in [-0.1, -0.05) is 12.0 Å². The summed E-state index contributed by atoms with van der Waals surface area (Å²) < 4.78 is 9.98. The predicted octanol–water partition coefficient (Wildman–Crippen LogP) is 2.41. The van der Waals surface area contributed by atoms with E-state index in [-0.39, 0.29) is 5.75 Å². The average molecular weight is 268 g/mol. The van der Waals surface area contributed by atoms with Crippen molar-refractivity contribution >= 4 is 17.5 Å². The highest BCUT2D eigenvalue weighted by Crippen LogP contribution is 2.22. The van der Waals surface area contributed by atoms with Crippen LogP contribution in [0.4, 0.5) is 16.2 Å². The first-order valence-electron chi connectivity index (χ1n) is 5.70. The van der Waals surface area contributed by atoms with E-state index >= 15 is 0 Å². The maximum atomic E-state index is 11.6. The Balaban J connectivity index is 2.05. The van der Waals surface area contributed by atoms with Crippen molar-refractivity contribution in [2.75, 3.05) is 11.5 Å². The Morgan fingerprint density at radius 2 is 1.70 bits per heavy atom. The molecule has 0 amide bonds. The van der Waals surface area contributed by atoms with Gasteiger partial charge < -0.3 is 20.9 Å². The van der Waals surface area contributed by atoms with Crippen LogP contribution in [0.3, 0.4) is 0 Å². The standard InChI is InChI=1S/C15H12N2O3/c1-2-10-4-3-5-11(8-10)19-15(18)20-12-6-7-13(16)14(17)9-12/h1,3-9H,16-17H2. The van der Waals surface area contributed by atoms with E-state index in [0.717, 1.165) is 0 Å². The van der Waals surface area contributed by atoms with E-state index in [1.807, 2.05) is 0 Å². The molecule has 0 saturated carbocycles. The summed E-state index contributed by atoms with van der Waals surface area (Å²) in [6.07, 6.45) is 4.37. The number of benzene rings is 2. The second kappa shape index (κ2) is 5.67. The first kappa shape index (κ1) is 13.3. The second-order valence-corrected chi connectivity index (χ2v) is 3.92. The van der Waals surface area contributed by atoms with Crippen molar-refractivity contribution in [2.24, 2.45) is 0 Å². The summed E-state index contributed by atoms with van der Waals surface area (Å²) in [7, 11) is 0. The van der Waals surface area contributed by atoms with Crippen molar-refractivity contribution in [3.05, 3.63) is 48.0 Å². The zero-order valence-corrected chi connectivity index (χ0v) is 10.5. The van der Waals surface area contributed by atoms with Crippen LogP contribution in [0.15, 0.2) is 42.5 Å². The number of carbonyl (C=O) groups excluding carboxylic acids is 1. The largest absolute Gasteiger partial charge is 0.519 e. The van der Waals surface area contributed by atoms with E-state index in [1.165, 1.54) is 18.2 Å². The number of nitrogen functional groups attached to an aromatic ring is 2. The predicted molar refractivity (Wildman–Crippen MR) is 76.3 cm³/mol. The van der Waals surface area contributed by atoms with Crippen LogP contribution in [0.25, 0.3) is 0 Å². The molecule has 0 fully saturated rings. The van der Waals surface area contributed by atoms with Crippen LogP contribution in [-0.2, 0) is 0 Å². The summed E-state index contributed by atoms with van der Waals surface area (Å²) in [6, 6.07) is 11.0. The van der Waals surface area contributed by atoms with E-state index in [1.54, 1.807) is 24.3 Å². The highest BCUT2D eigenvalue weighted by Gasteiger charge is 2.09. The van der Waals surface area contributed by atoms with Gasteiger partial charge in [-0.15, -0.1) is 6.42 Å². The van der Waals surface area contributed by atoms with E-state index in [2.05, 4.69) is 5.92 Å². The van der Waals surface area contributed by atoms with Gasteiger partial charge in [0, 0.05) is 11.6 Å². The monoisotopic (exact) mass is 268 g/mol. The van der Waals surface area contributed by atoms with Crippen LogP contribution >= 0.6 is 0 Å². The van der Waals surface area contributed by atoms with Gasteiger partial charge in [-0.25, -0.2) is 4.79 Å². The van der Waals surface area contributed by atoms with Gasteiger partial charge in [0.15, 0.2) is 0 Å². The normalized spacial score (nSPS) is 9.55. The molecule has 0 aromatic heterocycles. The lowest BCUT2D eigenvalue weighted by atomic mass is 10.2. The lowest BCUT2D eigenvalue weighted by Crippen LogP contribution is -2.14. The zero-order chi connectivity index (χ0) is 14.5. The van der Waals surface area contributed by atoms with Crippen LogP contribution in [0.5, 0.6) is 11.5 Å². The SMILES string of the molecule is C#Cc1cccc(OC(=O)Oc2ccc(N)c(N)c2)c1. The molecule has 0 unspecified atom stereocenters. The maximum Gasteiger partial charge on any atom is 0.519 e. The van der Waals surface area contributed by atoms with Crippen molar-refractivity contribution in [2.45, 2.75) is 0 Å². The molecule has 5 heteroatoms. The van der Waals surface area contributed by atoms with Crippen LogP contribution in [-0.4, -0.2) is 6.16 Å². The third kappa shape index (κ3) is 3.21. The molecular weight excluding hydrogens is 256 g/mol. The molecule has 100 valence electrons. The fourth-order valence-corrected chi connectivity index (χ4v) is 1.48. The Labute approximate surface area is 116 Å². The van der Waals surface area contributed by atoms with Gasteiger partial charge in [0.1, 0.15) is 11.5 Å². The average Bonchev–Trinajstić information content (AvgIpc) is 2.43. The summed E-state index contributed by atoms with van der Waals surface area (Å²) in [4.78, 5) is 11.6. The van der Waals surface area contributed by atoms with Crippen molar-refractivity contribution in [3.63, 3.8) is 0 Å². The van der Waals surface area contributed by atoms with Gasteiger partial charge in [0.05, 0.1) is 11.4 Å². The van der Waals surface area contributed by atoms with Gasteiger partial charge in [-0.3, -0.25) is 0 Å². The Bertz CT molecular complexity index is 690. The number of ether oxygens (including phenoxy) is 2. The molecule has 0 saturated heterocycles. The molecule has 0 atom stereocenters. The molecule has 2 rings (SSSR count). The van der Waals surface area contributed by atoms with Crippen molar-refractivity contribution in [1.82, 2.24) is 0 Å². The van der Waals surface area contributed by atoms with Crippen LogP contribution < -0.4 is 20.9 Å². The first-order chi connectivity index (χ1) is 9.58. The van der Waals surface area contributed by atoms with Crippen molar-refractivity contribution in [3.8, 4) is 23.8 Å². The van der Waals surface area contributed by atoms with E-state index in [9.17, 15) is 4.79 Å². The highest BCUT2D eigenvalue weighted by molar-refractivity contribution is 5.70. The number of nitrogens with two attached hydrogens (primary N) is 2. The lowest BCUT2D eigenvalue weighted by molar-refractivity contribution is 0.152. The summed E-state index contributed by atoms with van der Waals surface area (Å²) in [5, 5.41) is 0. The van der Waals surface area contributed by atoms with Crippen LogP contribution in [0.2, 0.25) is 0 Å². The summed E-state index contributed by atoms with van der Waals surface area (Å²) in [5.74, 6) is 2.99. The Kier molecular flexibility index (Phi) is 3.77. The molecule has 0 heterocycles. The minimum Gasteiger partial charge on any atom is -0.397 e. The minimum absolute atomic E-state index is 0.245. The highest BCUT2D eigenvalue weighted by atomic mass is 16.7. The van der Waals surface area contributed by atoms with E-state index in [0.29, 0.717) is 22.7 Å². The summed E-state index contributed by atoms with van der Waals surface area (Å²) in [5.41, 5.74) is 12.5. The molecule has 5 nitrogen and oxygen atoms in total. The number of carbonyl (C=O) groups is 1. The molecule has 0 radical (unpaired) electrons. The van der Waals surface area contributed by atoms with E-state index < -0.39 is 6.16 Å². The Morgan fingerprint density at radius 3 is 2.35 bits per heavy atom. The molecule has 0 aliphatic heterocycles. The Hall–Kier alpha value is -3.13. The maximum absolute atomic E-state index is 11.6. The number of rotatable bonds is 2.